The Kier molecular flexibility index (Phi) is 6.98. The lowest BCUT2D eigenvalue weighted by Crippen LogP contribution is -2.63. The Labute approximate surface area is 174 Å². The Morgan fingerprint density at radius 1 is 1.17 bits per heavy atom. The minimum absolute atomic E-state index is 0.125. The normalized spacial score (nSPS) is 19.3. The Balaban J connectivity index is 1.84. The molecule has 2 aromatic rings. The van der Waals surface area contributed by atoms with Gasteiger partial charge in [0.1, 0.15) is 12.1 Å². The van der Waals surface area contributed by atoms with Crippen LogP contribution in [-0.2, 0) is 22.6 Å². The number of hydrogen-bond acceptors (Lipinski definition) is 6. The molecule has 1 aliphatic rings. The molecule has 8 heteroatoms. The Hall–Kier alpha value is -2.74. The van der Waals surface area contributed by atoms with Crippen molar-refractivity contribution in [1.82, 2.24) is 15.2 Å². The number of benzene rings is 1. The molecular formula is C21H25N3O4S. The highest BCUT2D eigenvalue weighted by atomic mass is 32.2. The van der Waals surface area contributed by atoms with Gasteiger partial charge in [0, 0.05) is 12.6 Å². The number of hydrogen-bond donors (Lipinski definition) is 3. The van der Waals surface area contributed by atoms with E-state index < -0.39 is 12.1 Å². The molecule has 1 aromatic carbocycles. The van der Waals surface area contributed by atoms with E-state index in [0.29, 0.717) is 17.7 Å². The number of pyridine rings is 1. The van der Waals surface area contributed by atoms with E-state index in [1.54, 1.807) is 35.0 Å². The number of thioether (sulfide) groups is 1. The summed E-state index contributed by atoms with van der Waals surface area (Å²) in [6.45, 7) is 2.29. The molecule has 1 fully saturated rings. The minimum atomic E-state index is -0.719. The van der Waals surface area contributed by atoms with Crippen molar-refractivity contribution in [3.05, 3.63) is 53.9 Å². The molecule has 154 valence electrons. The smallest absolute Gasteiger partial charge is 0.246 e. The maximum atomic E-state index is 13.2. The molecule has 0 radical (unpaired) electrons. The average Bonchev–Trinajstić information content (AvgIpc) is 2.72. The zero-order chi connectivity index (χ0) is 20.8. The van der Waals surface area contributed by atoms with E-state index in [1.807, 2.05) is 12.1 Å². The largest absolute Gasteiger partial charge is 0.504 e. The number of phenolic OH excluding ortho intramolecular Hbond substituents is 2. The number of carbonyl (C=O) groups excluding carboxylic acids is 2. The van der Waals surface area contributed by atoms with Crippen LogP contribution in [-0.4, -0.2) is 55.5 Å². The molecule has 2 amide bonds. The lowest BCUT2D eigenvalue weighted by Gasteiger charge is -2.39. The fraction of sp³-hybridized carbons (Fsp3) is 0.381. The summed E-state index contributed by atoms with van der Waals surface area (Å²) < 4.78 is 0. The van der Waals surface area contributed by atoms with Crippen molar-refractivity contribution in [3.63, 3.8) is 0 Å². The van der Waals surface area contributed by atoms with Gasteiger partial charge in [-0.05, 0) is 47.8 Å². The average molecular weight is 416 g/mol. The molecule has 0 spiro atoms. The second-order valence-electron chi connectivity index (χ2n) is 6.88. The van der Waals surface area contributed by atoms with Crippen LogP contribution in [0.1, 0.15) is 24.6 Å². The molecule has 1 saturated heterocycles. The molecule has 0 bridgehead atoms. The Morgan fingerprint density at radius 3 is 2.69 bits per heavy atom. The summed E-state index contributed by atoms with van der Waals surface area (Å²) in [7, 11) is 0. The number of amides is 2. The molecule has 2 heterocycles. The van der Waals surface area contributed by atoms with E-state index in [4.69, 9.17) is 0 Å². The quantitative estimate of drug-likeness (QED) is 0.451. The number of aromatic hydroxyl groups is 2. The molecule has 2 atom stereocenters. The summed E-state index contributed by atoms with van der Waals surface area (Å²) in [6.07, 6.45) is 2.47. The van der Waals surface area contributed by atoms with Gasteiger partial charge in [0.05, 0.1) is 12.2 Å². The molecule has 3 N–H and O–H groups in total. The van der Waals surface area contributed by atoms with Crippen molar-refractivity contribution >= 4 is 23.6 Å². The van der Waals surface area contributed by atoms with Crippen molar-refractivity contribution in [2.24, 2.45) is 0 Å². The topological polar surface area (TPSA) is 103 Å². The summed E-state index contributed by atoms with van der Waals surface area (Å²) in [5, 5.41) is 22.2. The van der Waals surface area contributed by atoms with Crippen molar-refractivity contribution in [2.45, 2.75) is 38.4 Å². The van der Waals surface area contributed by atoms with E-state index in [2.05, 4.69) is 17.2 Å². The maximum Gasteiger partial charge on any atom is 0.246 e. The highest BCUT2D eigenvalue weighted by Gasteiger charge is 2.40. The fourth-order valence-electron chi connectivity index (χ4n) is 3.34. The van der Waals surface area contributed by atoms with Crippen LogP contribution in [0.15, 0.2) is 42.6 Å². The standard InChI is InChI=1S/C21H25N3O4S/c1-2-29-10-8-16-21(28)24(13-15-5-3-4-9-22-15)17(20(27)23-16)11-14-6-7-18(25)19(26)12-14/h3-7,9,12,16-17,25-26H,2,8,10-11,13H2,1H3,(H,23,27). The summed E-state index contributed by atoms with van der Waals surface area (Å²) in [4.78, 5) is 31.9. The summed E-state index contributed by atoms with van der Waals surface area (Å²) in [5.41, 5.74) is 1.36. The zero-order valence-corrected chi connectivity index (χ0v) is 17.1. The van der Waals surface area contributed by atoms with Gasteiger partial charge in [-0.1, -0.05) is 19.1 Å². The SMILES string of the molecule is CCSCCC1NC(=O)C(Cc2ccc(O)c(O)c2)N(Cc2ccccn2)C1=O. The van der Waals surface area contributed by atoms with Gasteiger partial charge in [-0.3, -0.25) is 14.6 Å². The van der Waals surface area contributed by atoms with Gasteiger partial charge >= 0.3 is 0 Å². The second-order valence-corrected chi connectivity index (χ2v) is 8.27. The first-order valence-corrected chi connectivity index (χ1v) is 10.7. The van der Waals surface area contributed by atoms with Crippen LogP contribution in [0.2, 0.25) is 0 Å². The molecular weight excluding hydrogens is 390 g/mol. The molecule has 0 aliphatic carbocycles. The van der Waals surface area contributed by atoms with Crippen LogP contribution in [0.3, 0.4) is 0 Å². The first-order chi connectivity index (χ1) is 14.0. The summed E-state index contributed by atoms with van der Waals surface area (Å²) in [6, 6.07) is 8.63. The van der Waals surface area contributed by atoms with Crippen LogP contribution in [0, 0.1) is 0 Å². The third-order valence-electron chi connectivity index (χ3n) is 4.86. The van der Waals surface area contributed by atoms with Crippen LogP contribution >= 0.6 is 11.8 Å². The van der Waals surface area contributed by atoms with Gasteiger partial charge in [-0.25, -0.2) is 0 Å². The molecule has 1 aliphatic heterocycles. The van der Waals surface area contributed by atoms with Gasteiger partial charge in [-0.15, -0.1) is 0 Å². The summed E-state index contributed by atoms with van der Waals surface area (Å²) in [5.74, 6) is 0.924. The monoisotopic (exact) mass is 415 g/mol. The Morgan fingerprint density at radius 2 is 2.00 bits per heavy atom. The van der Waals surface area contributed by atoms with E-state index in [-0.39, 0.29) is 36.3 Å². The van der Waals surface area contributed by atoms with Crippen molar-refractivity contribution in [1.29, 1.82) is 0 Å². The predicted molar refractivity (Wildman–Crippen MR) is 112 cm³/mol. The second kappa shape index (κ2) is 9.65. The van der Waals surface area contributed by atoms with Gasteiger partial charge in [0.2, 0.25) is 11.8 Å². The highest BCUT2D eigenvalue weighted by Crippen LogP contribution is 2.27. The number of aromatic nitrogens is 1. The van der Waals surface area contributed by atoms with Crippen LogP contribution in [0.4, 0.5) is 0 Å². The number of rotatable bonds is 8. The molecule has 3 rings (SSSR count). The predicted octanol–water partition coefficient (Wildman–Crippen LogP) is 2.07. The number of nitrogens with one attached hydrogen (secondary N) is 1. The lowest BCUT2D eigenvalue weighted by molar-refractivity contribution is -0.150. The van der Waals surface area contributed by atoms with Crippen LogP contribution in [0.25, 0.3) is 0 Å². The minimum Gasteiger partial charge on any atom is -0.504 e. The van der Waals surface area contributed by atoms with E-state index >= 15 is 0 Å². The highest BCUT2D eigenvalue weighted by molar-refractivity contribution is 7.99. The van der Waals surface area contributed by atoms with E-state index in [9.17, 15) is 19.8 Å². The lowest BCUT2D eigenvalue weighted by atomic mass is 9.98. The van der Waals surface area contributed by atoms with Gasteiger partial charge in [0.15, 0.2) is 11.5 Å². The number of carbonyl (C=O) groups is 2. The zero-order valence-electron chi connectivity index (χ0n) is 16.2. The third-order valence-corrected chi connectivity index (χ3v) is 5.79. The van der Waals surface area contributed by atoms with Crippen molar-refractivity contribution in [2.75, 3.05) is 11.5 Å². The van der Waals surface area contributed by atoms with Gasteiger partial charge in [-0.2, -0.15) is 11.8 Å². The third kappa shape index (κ3) is 5.20. The van der Waals surface area contributed by atoms with E-state index in [0.717, 1.165) is 11.5 Å². The maximum absolute atomic E-state index is 13.2. The number of nitrogens with zero attached hydrogens (tertiary/aromatic N) is 2. The first-order valence-electron chi connectivity index (χ1n) is 9.59. The van der Waals surface area contributed by atoms with Crippen molar-refractivity contribution in [3.8, 4) is 11.5 Å². The molecule has 7 nitrogen and oxygen atoms in total. The molecule has 2 unspecified atom stereocenters. The van der Waals surface area contributed by atoms with Gasteiger partial charge < -0.3 is 20.4 Å². The molecule has 29 heavy (non-hydrogen) atoms. The van der Waals surface area contributed by atoms with Gasteiger partial charge in [0.25, 0.3) is 0 Å². The van der Waals surface area contributed by atoms with Crippen LogP contribution < -0.4 is 5.32 Å². The fourth-order valence-corrected chi connectivity index (χ4v) is 4.03. The van der Waals surface area contributed by atoms with Crippen molar-refractivity contribution < 1.29 is 19.8 Å². The Bertz CT molecular complexity index is 862. The first kappa shape index (κ1) is 21.0. The molecule has 0 saturated carbocycles. The number of piperazine rings is 1. The summed E-state index contributed by atoms with van der Waals surface area (Å²) >= 11 is 1.73. The van der Waals surface area contributed by atoms with E-state index in [1.165, 1.54) is 12.1 Å². The van der Waals surface area contributed by atoms with Crippen LogP contribution in [0.5, 0.6) is 11.5 Å². The number of phenols is 2. The molecule has 1 aromatic heterocycles.